The van der Waals surface area contributed by atoms with Gasteiger partial charge in [0, 0.05) is 10.8 Å². The Labute approximate surface area is 155 Å². The van der Waals surface area contributed by atoms with E-state index in [9.17, 15) is 19.1 Å². The van der Waals surface area contributed by atoms with Crippen molar-refractivity contribution in [2.45, 2.75) is 38.6 Å². The van der Waals surface area contributed by atoms with Crippen LogP contribution in [-0.4, -0.2) is 29.1 Å². The highest BCUT2D eigenvalue weighted by molar-refractivity contribution is 7.09. The molecule has 1 aromatic heterocycles. The molecule has 0 radical (unpaired) electrons. The van der Waals surface area contributed by atoms with Crippen LogP contribution in [0.25, 0.3) is 0 Å². The molecule has 0 spiro atoms. The van der Waals surface area contributed by atoms with E-state index in [0.29, 0.717) is 5.69 Å². The second kappa shape index (κ2) is 7.82. The molecule has 2 rings (SSSR count). The number of carboxylic acids is 1. The molecule has 6 nitrogen and oxygen atoms in total. The maximum atomic E-state index is 13.8. The van der Waals surface area contributed by atoms with Gasteiger partial charge < -0.3 is 15.2 Å². The lowest BCUT2D eigenvalue weighted by molar-refractivity contribution is -0.142. The van der Waals surface area contributed by atoms with Crippen molar-refractivity contribution in [3.8, 4) is 5.75 Å². The van der Waals surface area contributed by atoms with Gasteiger partial charge in [0.15, 0.2) is 17.6 Å². The van der Waals surface area contributed by atoms with E-state index in [2.05, 4.69) is 10.3 Å². The van der Waals surface area contributed by atoms with Crippen LogP contribution in [-0.2, 0) is 21.4 Å². The number of methoxy groups -OCH3 is 1. The maximum Gasteiger partial charge on any atom is 0.330 e. The number of aliphatic carboxylic acids is 1. The minimum atomic E-state index is -1.36. The fourth-order valence-electron chi connectivity index (χ4n) is 2.26. The van der Waals surface area contributed by atoms with Crippen LogP contribution in [0.15, 0.2) is 23.6 Å². The number of ether oxygens (including phenoxy) is 1. The van der Waals surface area contributed by atoms with Gasteiger partial charge in [-0.2, -0.15) is 0 Å². The zero-order valence-corrected chi connectivity index (χ0v) is 15.8. The Kier molecular flexibility index (Phi) is 5.97. The third-order valence-corrected chi connectivity index (χ3v) is 4.91. The molecule has 2 aromatic rings. The molecule has 0 fully saturated rings. The molecule has 0 aliphatic carbocycles. The predicted molar refractivity (Wildman–Crippen MR) is 96.0 cm³/mol. The fourth-order valence-corrected chi connectivity index (χ4v) is 3.17. The van der Waals surface area contributed by atoms with E-state index in [0.717, 1.165) is 11.1 Å². The van der Waals surface area contributed by atoms with Gasteiger partial charge in [-0.25, -0.2) is 14.2 Å². The largest absolute Gasteiger partial charge is 0.494 e. The molecule has 0 aliphatic heterocycles. The van der Waals surface area contributed by atoms with Crippen molar-refractivity contribution in [1.82, 2.24) is 10.3 Å². The second-order valence-electron chi connectivity index (χ2n) is 6.80. The lowest BCUT2D eigenvalue weighted by Gasteiger charge is -2.16. The highest BCUT2D eigenvalue weighted by Gasteiger charge is 2.24. The van der Waals surface area contributed by atoms with Crippen molar-refractivity contribution < 1.29 is 23.8 Å². The summed E-state index contributed by atoms with van der Waals surface area (Å²) in [6, 6.07) is 2.41. The summed E-state index contributed by atoms with van der Waals surface area (Å²) < 4.78 is 18.6. The predicted octanol–water partition coefficient (Wildman–Crippen LogP) is 3.07. The average molecular weight is 380 g/mol. The van der Waals surface area contributed by atoms with Gasteiger partial charge in [0.2, 0.25) is 5.91 Å². The van der Waals surface area contributed by atoms with Crippen LogP contribution in [0.2, 0.25) is 0 Å². The summed E-state index contributed by atoms with van der Waals surface area (Å²) in [4.78, 5) is 28.2. The molecular weight excluding hydrogens is 359 g/mol. The van der Waals surface area contributed by atoms with Gasteiger partial charge >= 0.3 is 5.97 Å². The summed E-state index contributed by atoms with van der Waals surface area (Å²) in [6.45, 7) is 6.07. The van der Waals surface area contributed by atoms with E-state index in [1.165, 1.54) is 30.6 Å². The number of amides is 1. The Bertz CT molecular complexity index is 814. The number of carbonyl (C=O) groups excluding carboxylic acids is 1. The number of halogens is 1. The number of thiazole rings is 1. The molecule has 1 aromatic carbocycles. The SMILES string of the molecule is COc1ccc(C(NC(=O)Cc2csc(C(C)(C)C)n2)C(=O)O)cc1F. The highest BCUT2D eigenvalue weighted by atomic mass is 32.1. The number of rotatable bonds is 6. The summed E-state index contributed by atoms with van der Waals surface area (Å²) in [5.74, 6) is -2.47. The Balaban J connectivity index is 2.12. The Hall–Kier alpha value is -2.48. The fraction of sp³-hybridized carbons (Fsp3) is 0.389. The first-order valence-electron chi connectivity index (χ1n) is 7.92. The Morgan fingerprint density at radius 3 is 2.58 bits per heavy atom. The molecule has 0 saturated heterocycles. The minimum absolute atomic E-state index is 0.00129. The highest BCUT2D eigenvalue weighted by Crippen LogP contribution is 2.26. The van der Waals surface area contributed by atoms with Crippen LogP contribution in [0.1, 0.15) is 43.1 Å². The van der Waals surface area contributed by atoms with Gasteiger partial charge in [-0.15, -0.1) is 11.3 Å². The number of aromatic nitrogens is 1. The van der Waals surface area contributed by atoms with Crippen molar-refractivity contribution in [1.29, 1.82) is 0 Å². The van der Waals surface area contributed by atoms with Crippen LogP contribution in [0.5, 0.6) is 5.75 Å². The first-order chi connectivity index (χ1) is 12.1. The van der Waals surface area contributed by atoms with Crippen LogP contribution in [0.4, 0.5) is 4.39 Å². The molecule has 8 heteroatoms. The van der Waals surface area contributed by atoms with Crippen molar-refractivity contribution >= 4 is 23.2 Å². The molecule has 1 amide bonds. The summed E-state index contributed by atoms with van der Waals surface area (Å²) in [7, 11) is 1.31. The van der Waals surface area contributed by atoms with E-state index in [1.54, 1.807) is 5.38 Å². The number of benzene rings is 1. The minimum Gasteiger partial charge on any atom is -0.494 e. The van der Waals surface area contributed by atoms with Gasteiger partial charge in [-0.05, 0) is 17.7 Å². The van der Waals surface area contributed by atoms with Crippen LogP contribution in [0, 0.1) is 5.82 Å². The maximum absolute atomic E-state index is 13.8. The van der Waals surface area contributed by atoms with E-state index in [1.807, 2.05) is 20.8 Å². The van der Waals surface area contributed by atoms with E-state index in [4.69, 9.17) is 4.74 Å². The molecular formula is C18H21FN2O4S. The van der Waals surface area contributed by atoms with Crippen molar-refractivity contribution in [2.24, 2.45) is 0 Å². The molecule has 1 atom stereocenters. The number of carbonyl (C=O) groups is 2. The van der Waals surface area contributed by atoms with Crippen molar-refractivity contribution in [3.05, 3.63) is 45.7 Å². The number of hydrogen-bond acceptors (Lipinski definition) is 5. The molecule has 140 valence electrons. The summed E-state index contributed by atoms with van der Waals surface area (Å²) in [5, 5.41) is 14.5. The van der Waals surface area contributed by atoms with Gasteiger partial charge in [-0.1, -0.05) is 26.8 Å². The van der Waals surface area contributed by atoms with Gasteiger partial charge in [0.05, 0.1) is 24.2 Å². The molecule has 1 heterocycles. The Morgan fingerprint density at radius 1 is 1.38 bits per heavy atom. The van der Waals surface area contributed by atoms with Crippen LogP contribution < -0.4 is 10.1 Å². The number of nitrogens with zero attached hydrogens (tertiary/aromatic N) is 1. The quantitative estimate of drug-likeness (QED) is 0.804. The number of carboxylic acid groups (broad SMARTS) is 1. The molecule has 26 heavy (non-hydrogen) atoms. The zero-order valence-electron chi connectivity index (χ0n) is 15.0. The smallest absolute Gasteiger partial charge is 0.330 e. The monoisotopic (exact) mass is 380 g/mol. The lowest BCUT2D eigenvalue weighted by Crippen LogP contribution is -2.34. The zero-order chi connectivity index (χ0) is 19.5. The van der Waals surface area contributed by atoms with Gasteiger partial charge in [0.1, 0.15) is 0 Å². The Morgan fingerprint density at radius 2 is 2.08 bits per heavy atom. The third-order valence-electron chi connectivity index (χ3n) is 3.60. The first-order valence-corrected chi connectivity index (χ1v) is 8.80. The molecule has 0 aliphatic rings. The van der Waals surface area contributed by atoms with Gasteiger partial charge in [-0.3, -0.25) is 4.79 Å². The number of hydrogen-bond donors (Lipinski definition) is 2. The van der Waals surface area contributed by atoms with Crippen LogP contribution >= 0.6 is 11.3 Å². The third kappa shape index (κ3) is 4.78. The summed E-state index contributed by atoms with van der Waals surface area (Å²) >= 11 is 1.46. The van der Waals surface area contributed by atoms with E-state index >= 15 is 0 Å². The number of nitrogens with one attached hydrogen (secondary N) is 1. The normalized spacial score (nSPS) is 12.5. The molecule has 1 unspecified atom stereocenters. The average Bonchev–Trinajstić information content (AvgIpc) is 3.01. The van der Waals surface area contributed by atoms with E-state index < -0.39 is 23.7 Å². The van der Waals surface area contributed by atoms with Crippen molar-refractivity contribution in [3.63, 3.8) is 0 Å². The molecule has 2 N–H and O–H groups in total. The summed E-state index contributed by atoms with van der Waals surface area (Å²) in [5.41, 5.74) is 0.573. The summed E-state index contributed by atoms with van der Waals surface area (Å²) in [6.07, 6.45) is -0.0466. The molecule has 0 bridgehead atoms. The lowest BCUT2D eigenvalue weighted by atomic mass is 9.98. The van der Waals surface area contributed by atoms with Crippen LogP contribution in [0.3, 0.4) is 0 Å². The van der Waals surface area contributed by atoms with Gasteiger partial charge in [0.25, 0.3) is 0 Å². The standard InChI is InChI=1S/C18H21FN2O4S/c1-18(2,3)17-20-11(9-26-17)8-14(22)21-15(16(23)24)10-5-6-13(25-4)12(19)7-10/h5-7,9,15H,8H2,1-4H3,(H,21,22)(H,23,24). The van der Waals surface area contributed by atoms with Crippen molar-refractivity contribution in [2.75, 3.05) is 7.11 Å². The topological polar surface area (TPSA) is 88.5 Å². The first kappa shape index (κ1) is 19.8. The molecule has 0 saturated carbocycles. The second-order valence-corrected chi connectivity index (χ2v) is 7.66. The van der Waals surface area contributed by atoms with E-state index in [-0.39, 0.29) is 23.1 Å².